The molecule has 0 aliphatic carbocycles. The van der Waals surface area contributed by atoms with Crippen LogP contribution in [-0.2, 0) is 16.0 Å². The maximum Gasteiger partial charge on any atom is 0.249 e. The molecule has 0 saturated carbocycles. The van der Waals surface area contributed by atoms with Crippen LogP contribution in [0.15, 0.2) is 22.7 Å². The van der Waals surface area contributed by atoms with Gasteiger partial charge in [-0.05, 0) is 52.9 Å². The van der Waals surface area contributed by atoms with Crippen molar-refractivity contribution in [1.82, 2.24) is 5.32 Å². The van der Waals surface area contributed by atoms with E-state index >= 15 is 0 Å². The lowest BCUT2D eigenvalue weighted by molar-refractivity contribution is -0.129. The Morgan fingerprint density at radius 3 is 3.05 bits per heavy atom. The molecule has 19 heavy (non-hydrogen) atoms. The van der Waals surface area contributed by atoms with E-state index in [1.54, 1.807) is 7.11 Å². The Bertz CT molecular complexity index is 444. The van der Waals surface area contributed by atoms with Gasteiger partial charge in [0.2, 0.25) is 5.91 Å². The van der Waals surface area contributed by atoms with Gasteiger partial charge < -0.3 is 14.8 Å². The van der Waals surface area contributed by atoms with Crippen LogP contribution in [0.4, 0.5) is 0 Å². The van der Waals surface area contributed by atoms with Gasteiger partial charge in [-0.15, -0.1) is 0 Å². The molecule has 0 radical (unpaired) electrons. The summed E-state index contributed by atoms with van der Waals surface area (Å²) in [4.78, 5) is 11.7. The van der Waals surface area contributed by atoms with Crippen LogP contribution in [0.5, 0.6) is 5.75 Å². The van der Waals surface area contributed by atoms with Crippen LogP contribution in [0.2, 0.25) is 0 Å². The molecule has 2 rings (SSSR count). The molecular formula is C14H18BrNO3. The lowest BCUT2D eigenvalue weighted by Crippen LogP contribution is -2.35. The number of carbonyl (C=O) groups is 1. The zero-order valence-electron chi connectivity index (χ0n) is 10.9. The summed E-state index contributed by atoms with van der Waals surface area (Å²) in [5.74, 6) is 0.817. The van der Waals surface area contributed by atoms with Gasteiger partial charge in [-0.1, -0.05) is 6.07 Å². The molecule has 0 aromatic heterocycles. The summed E-state index contributed by atoms with van der Waals surface area (Å²) in [6.45, 7) is 1.32. The molecule has 1 amide bonds. The molecule has 0 bridgehead atoms. The largest absolute Gasteiger partial charge is 0.496 e. The van der Waals surface area contributed by atoms with Gasteiger partial charge in [-0.25, -0.2) is 0 Å². The molecule has 1 aromatic rings. The summed E-state index contributed by atoms with van der Waals surface area (Å²) in [5.41, 5.74) is 1.15. The minimum atomic E-state index is -0.248. The van der Waals surface area contributed by atoms with E-state index in [1.165, 1.54) is 0 Å². The number of nitrogens with one attached hydrogen (secondary N) is 1. The highest BCUT2D eigenvalue weighted by Gasteiger charge is 2.22. The first-order valence-corrected chi connectivity index (χ1v) is 7.21. The molecule has 1 aliphatic heterocycles. The van der Waals surface area contributed by atoms with Crippen LogP contribution in [0.3, 0.4) is 0 Å². The first-order chi connectivity index (χ1) is 9.20. The molecule has 104 valence electrons. The summed E-state index contributed by atoms with van der Waals surface area (Å²) in [6, 6.07) is 5.93. The Morgan fingerprint density at radius 2 is 2.42 bits per heavy atom. The van der Waals surface area contributed by atoms with Gasteiger partial charge in [-0.2, -0.15) is 0 Å². The van der Waals surface area contributed by atoms with Crippen LogP contribution >= 0.6 is 15.9 Å². The van der Waals surface area contributed by atoms with Gasteiger partial charge in [-0.3, -0.25) is 4.79 Å². The van der Waals surface area contributed by atoms with E-state index < -0.39 is 0 Å². The Hall–Kier alpha value is -1.07. The van der Waals surface area contributed by atoms with E-state index in [0.717, 1.165) is 35.0 Å². The SMILES string of the molecule is COc1ccc(CCNC(=O)C2CCCO2)cc1Br. The number of benzene rings is 1. The summed E-state index contributed by atoms with van der Waals surface area (Å²) in [7, 11) is 1.64. The maximum absolute atomic E-state index is 11.7. The van der Waals surface area contributed by atoms with Gasteiger partial charge in [0.1, 0.15) is 11.9 Å². The zero-order chi connectivity index (χ0) is 13.7. The third-order valence-corrected chi connectivity index (χ3v) is 3.77. The van der Waals surface area contributed by atoms with Crippen molar-refractivity contribution in [3.8, 4) is 5.75 Å². The quantitative estimate of drug-likeness (QED) is 0.902. The zero-order valence-corrected chi connectivity index (χ0v) is 12.5. The number of amides is 1. The smallest absolute Gasteiger partial charge is 0.249 e. The predicted octanol–water partition coefficient (Wildman–Crippen LogP) is 2.30. The van der Waals surface area contributed by atoms with E-state index in [2.05, 4.69) is 21.2 Å². The van der Waals surface area contributed by atoms with Gasteiger partial charge >= 0.3 is 0 Å². The number of ether oxygens (including phenoxy) is 2. The summed E-state index contributed by atoms with van der Waals surface area (Å²) >= 11 is 3.45. The fourth-order valence-corrected chi connectivity index (χ4v) is 2.68. The van der Waals surface area contributed by atoms with Gasteiger partial charge in [0, 0.05) is 13.2 Å². The van der Waals surface area contributed by atoms with Gasteiger partial charge in [0.25, 0.3) is 0 Å². The number of rotatable bonds is 5. The highest BCUT2D eigenvalue weighted by molar-refractivity contribution is 9.10. The van der Waals surface area contributed by atoms with Crippen molar-refractivity contribution in [2.45, 2.75) is 25.4 Å². The molecule has 1 unspecified atom stereocenters. The van der Waals surface area contributed by atoms with E-state index in [1.807, 2.05) is 18.2 Å². The summed E-state index contributed by atoms with van der Waals surface area (Å²) in [6.07, 6.45) is 2.35. The van der Waals surface area contributed by atoms with Crippen LogP contribution in [0, 0.1) is 0 Å². The molecule has 5 heteroatoms. The van der Waals surface area contributed by atoms with Crippen LogP contribution in [0.1, 0.15) is 18.4 Å². The van der Waals surface area contributed by atoms with Crippen molar-refractivity contribution in [1.29, 1.82) is 0 Å². The first-order valence-electron chi connectivity index (χ1n) is 6.42. The number of carbonyl (C=O) groups excluding carboxylic acids is 1. The normalized spacial score (nSPS) is 18.3. The predicted molar refractivity (Wildman–Crippen MR) is 76.4 cm³/mol. The van der Waals surface area contributed by atoms with Crippen molar-refractivity contribution in [3.63, 3.8) is 0 Å². The molecule has 1 aromatic carbocycles. The van der Waals surface area contributed by atoms with Crippen LogP contribution in [-0.4, -0.2) is 32.3 Å². The molecule has 1 saturated heterocycles. The van der Waals surface area contributed by atoms with Crippen LogP contribution < -0.4 is 10.1 Å². The summed E-state index contributed by atoms with van der Waals surface area (Å²) < 4.78 is 11.4. The second-order valence-electron chi connectivity index (χ2n) is 4.51. The van der Waals surface area contributed by atoms with Crippen molar-refractivity contribution >= 4 is 21.8 Å². The number of methoxy groups -OCH3 is 1. The molecular weight excluding hydrogens is 310 g/mol. The lowest BCUT2D eigenvalue weighted by Gasteiger charge is -2.11. The number of hydrogen-bond donors (Lipinski definition) is 1. The van der Waals surface area contributed by atoms with Crippen molar-refractivity contribution in [2.24, 2.45) is 0 Å². The highest BCUT2D eigenvalue weighted by atomic mass is 79.9. The van der Waals surface area contributed by atoms with E-state index in [0.29, 0.717) is 13.2 Å². The average molecular weight is 328 g/mol. The number of halogens is 1. The Balaban J connectivity index is 1.79. The maximum atomic E-state index is 11.7. The van der Waals surface area contributed by atoms with Crippen molar-refractivity contribution in [3.05, 3.63) is 28.2 Å². The van der Waals surface area contributed by atoms with E-state index in [9.17, 15) is 4.79 Å². The Morgan fingerprint density at radius 1 is 1.58 bits per heavy atom. The monoisotopic (exact) mass is 327 g/mol. The van der Waals surface area contributed by atoms with Gasteiger partial charge in [0.15, 0.2) is 0 Å². The minimum absolute atomic E-state index is 0.00470. The highest BCUT2D eigenvalue weighted by Crippen LogP contribution is 2.25. The molecule has 4 nitrogen and oxygen atoms in total. The Kier molecular flexibility index (Phi) is 5.22. The second-order valence-corrected chi connectivity index (χ2v) is 5.37. The third-order valence-electron chi connectivity index (χ3n) is 3.15. The average Bonchev–Trinajstić information content (AvgIpc) is 2.93. The lowest BCUT2D eigenvalue weighted by atomic mass is 10.1. The van der Waals surface area contributed by atoms with E-state index in [4.69, 9.17) is 9.47 Å². The molecule has 1 fully saturated rings. The minimum Gasteiger partial charge on any atom is -0.496 e. The van der Waals surface area contributed by atoms with Crippen molar-refractivity contribution in [2.75, 3.05) is 20.3 Å². The third kappa shape index (κ3) is 3.94. The molecule has 1 heterocycles. The molecule has 1 N–H and O–H groups in total. The van der Waals surface area contributed by atoms with Gasteiger partial charge in [0.05, 0.1) is 11.6 Å². The van der Waals surface area contributed by atoms with E-state index in [-0.39, 0.29) is 12.0 Å². The molecule has 1 aliphatic rings. The molecule has 1 atom stereocenters. The standard InChI is InChI=1S/C14H18BrNO3/c1-18-12-5-4-10(9-11(12)15)6-7-16-14(17)13-3-2-8-19-13/h4-5,9,13H,2-3,6-8H2,1H3,(H,16,17). The topological polar surface area (TPSA) is 47.6 Å². The first kappa shape index (κ1) is 14.3. The number of hydrogen-bond acceptors (Lipinski definition) is 3. The fourth-order valence-electron chi connectivity index (χ4n) is 2.09. The molecule has 0 spiro atoms. The second kappa shape index (κ2) is 6.91. The summed E-state index contributed by atoms with van der Waals surface area (Å²) in [5, 5.41) is 2.91. The van der Waals surface area contributed by atoms with Crippen molar-refractivity contribution < 1.29 is 14.3 Å². The van der Waals surface area contributed by atoms with Crippen LogP contribution in [0.25, 0.3) is 0 Å². The fraction of sp³-hybridized carbons (Fsp3) is 0.500. The Labute approximate surface area is 121 Å².